The largest absolute Gasteiger partial charge is 0.460 e. The molecule has 120 valence electrons. The minimum absolute atomic E-state index is 0.110. The van der Waals surface area contributed by atoms with Gasteiger partial charge in [0.2, 0.25) is 11.8 Å². The van der Waals surface area contributed by atoms with E-state index in [1.165, 1.54) is 6.08 Å². The van der Waals surface area contributed by atoms with Gasteiger partial charge in [0.1, 0.15) is 17.4 Å². The van der Waals surface area contributed by atoms with Gasteiger partial charge in [0, 0.05) is 36.5 Å². The number of aryl methyl sites for hydroxylation is 1. The second-order valence-corrected chi connectivity index (χ2v) is 5.62. The quantitative estimate of drug-likeness (QED) is 0.885. The first-order valence-electron chi connectivity index (χ1n) is 7.88. The summed E-state index contributed by atoms with van der Waals surface area (Å²) in [6.07, 6.45) is 4.09. The predicted molar refractivity (Wildman–Crippen MR) is 88.8 cm³/mol. The SMILES string of the molecule is CCc1oc2ccccc2c1C=CC(=O)N1CCNC(=O)C1C. The van der Waals surface area contributed by atoms with E-state index in [4.69, 9.17) is 4.42 Å². The standard InChI is InChI=1S/C18H20N2O3/c1-3-15-14(13-6-4-5-7-16(13)23-15)8-9-17(21)20-11-10-19-18(22)12(20)2/h4-9,12H,3,10-11H2,1-2H3,(H,19,22). The maximum atomic E-state index is 12.4. The van der Waals surface area contributed by atoms with Crippen molar-refractivity contribution in [3.05, 3.63) is 41.7 Å². The van der Waals surface area contributed by atoms with Crippen LogP contribution in [-0.2, 0) is 16.0 Å². The number of piperazine rings is 1. The lowest BCUT2D eigenvalue weighted by Crippen LogP contribution is -2.55. The van der Waals surface area contributed by atoms with E-state index in [9.17, 15) is 9.59 Å². The number of furan rings is 1. The van der Waals surface area contributed by atoms with Crippen molar-refractivity contribution >= 4 is 28.9 Å². The maximum absolute atomic E-state index is 12.4. The lowest BCUT2D eigenvalue weighted by atomic mass is 10.1. The number of fused-ring (bicyclic) bond motifs is 1. The third-order valence-corrected chi connectivity index (χ3v) is 4.21. The summed E-state index contributed by atoms with van der Waals surface area (Å²) in [6.45, 7) is 4.79. The second-order valence-electron chi connectivity index (χ2n) is 5.62. The average molecular weight is 312 g/mol. The highest BCUT2D eigenvalue weighted by Gasteiger charge is 2.27. The van der Waals surface area contributed by atoms with Gasteiger partial charge in [-0.2, -0.15) is 0 Å². The fourth-order valence-corrected chi connectivity index (χ4v) is 2.90. The molecule has 0 saturated carbocycles. The molecule has 1 unspecified atom stereocenters. The zero-order valence-corrected chi connectivity index (χ0v) is 13.3. The summed E-state index contributed by atoms with van der Waals surface area (Å²) >= 11 is 0. The zero-order chi connectivity index (χ0) is 16.4. The second kappa shape index (κ2) is 6.28. The Labute approximate surface area is 134 Å². The van der Waals surface area contributed by atoms with Crippen LogP contribution < -0.4 is 5.32 Å². The summed E-state index contributed by atoms with van der Waals surface area (Å²) in [5.41, 5.74) is 1.76. The number of benzene rings is 1. The van der Waals surface area contributed by atoms with E-state index in [2.05, 4.69) is 5.32 Å². The van der Waals surface area contributed by atoms with Crippen LogP contribution in [0.3, 0.4) is 0 Å². The summed E-state index contributed by atoms with van der Waals surface area (Å²) in [6, 6.07) is 7.35. The normalized spacial score (nSPS) is 18.6. The van der Waals surface area contributed by atoms with Crippen molar-refractivity contribution in [3.63, 3.8) is 0 Å². The predicted octanol–water partition coefficient (Wildman–Crippen LogP) is 2.36. The van der Waals surface area contributed by atoms with Crippen molar-refractivity contribution in [1.29, 1.82) is 0 Å². The molecule has 1 aromatic carbocycles. The first-order chi connectivity index (χ1) is 11.1. The topological polar surface area (TPSA) is 62.6 Å². The fourth-order valence-electron chi connectivity index (χ4n) is 2.90. The van der Waals surface area contributed by atoms with E-state index in [0.29, 0.717) is 13.1 Å². The highest BCUT2D eigenvalue weighted by Crippen LogP contribution is 2.27. The van der Waals surface area contributed by atoms with Gasteiger partial charge in [0.25, 0.3) is 0 Å². The third-order valence-electron chi connectivity index (χ3n) is 4.21. The Morgan fingerprint density at radius 2 is 2.22 bits per heavy atom. The van der Waals surface area contributed by atoms with Gasteiger partial charge in [-0.3, -0.25) is 9.59 Å². The summed E-state index contributed by atoms with van der Waals surface area (Å²) in [4.78, 5) is 25.7. The highest BCUT2D eigenvalue weighted by atomic mass is 16.3. The Kier molecular flexibility index (Phi) is 4.19. The number of para-hydroxylation sites is 1. The van der Waals surface area contributed by atoms with Crippen molar-refractivity contribution in [2.75, 3.05) is 13.1 Å². The molecular formula is C18H20N2O3. The van der Waals surface area contributed by atoms with Crippen LogP contribution in [0.15, 0.2) is 34.8 Å². The van der Waals surface area contributed by atoms with Crippen LogP contribution >= 0.6 is 0 Å². The number of hydrogen-bond acceptors (Lipinski definition) is 3. The Balaban J connectivity index is 1.88. The lowest BCUT2D eigenvalue weighted by Gasteiger charge is -2.31. The first kappa shape index (κ1) is 15.3. The monoisotopic (exact) mass is 312 g/mol. The molecule has 1 atom stereocenters. The van der Waals surface area contributed by atoms with E-state index in [0.717, 1.165) is 28.7 Å². The molecule has 2 heterocycles. The van der Waals surface area contributed by atoms with Crippen LogP contribution in [0.5, 0.6) is 0 Å². The van der Waals surface area contributed by atoms with Gasteiger partial charge >= 0.3 is 0 Å². The lowest BCUT2D eigenvalue weighted by molar-refractivity contribution is -0.139. The number of carbonyl (C=O) groups is 2. The van der Waals surface area contributed by atoms with Crippen LogP contribution in [0.4, 0.5) is 0 Å². The van der Waals surface area contributed by atoms with Gasteiger partial charge in [-0.15, -0.1) is 0 Å². The molecule has 1 fully saturated rings. The first-order valence-corrected chi connectivity index (χ1v) is 7.88. The summed E-state index contributed by atoms with van der Waals surface area (Å²) in [5.74, 6) is 0.598. The van der Waals surface area contributed by atoms with Crippen LogP contribution in [0, 0.1) is 0 Å². The molecule has 2 aromatic rings. The van der Waals surface area contributed by atoms with Gasteiger partial charge < -0.3 is 14.6 Å². The van der Waals surface area contributed by atoms with Gasteiger partial charge in [-0.25, -0.2) is 0 Å². The molecule has 1 N–H and O–H groups in total. The number of nitrogens with zero attached hydrogens (tertiary/aromatic N) is 1. The van der Waals surface area contributed by atoms with Gasteiger partial charge in [0.05, 0.1) is 0 Å². The fraction of sp³-hybridized carbons (Fsp3) is 0.333. The molecule has 5 nitrogen and oxygen atoms in total. The molecule has 1 aliphatic heterocycles. The Hall–Kier alpha value is -2.56. The van der Waals surface area contributed by atoms with E-state index in [1.54, 1.807) is 17.9 Å². The Bertz CT molecular complexity index is 776. The molecular weight excluding hydrogens is 292 g/mol. The number of carbonyl (C=O) groups excluding carboxylic acids is 2. The van der Waals surface area contributed by atoms with Crippen molar-refractivity contribution in [2.45, 2.75) is 26.3 Å². The van der Waals surface area contributed by atoms with Gasteiger partial charge in [0.15, 0.2) is 0 Å². The molecule has 23 heavy (non-hydrogen) atoms. The van der Waals surface area contributed by atoms with Crippen LogP contribution in [0.25, 0.3) is 17.0 Å². The van der Waals surface area contributed by atoms with Gasteiger partial charge in [-0.1, -0.05) is 25.1 Å². The van der Waals surface area contributed by atoms with Crippen molar-refractivity contribution < 1.29 is 14.0 Å². The van der Waals surface area contributed by atoms with E-state index >= 15 is 0 Å². The van der Waals surface area contributed by atoms with Crippen LogP contribution in [0.1, 0.15) is 25.2 Å². The molecule has 2 amide bonds. The molecule has 0 radical (unpaired) electrons. The Morgan fingerprint density at radius 3 is 3.00 bits per heavy atom. The number of hydrogen-bond donors (Lipinski definition) is 1. The molecule has 1 aromatic heterocycles. The van der Waals surface area contributed by atoms with E-state index in [1.807, 2.05) is 31.2 Å². The molecule has 0 spiro atoms. The maximum Gasteiger partial charge on any atom is 0.247 e. The Morgan fingerprint density at radius 1 is 1.43 bits per heavy atom. The minimum Gasteiger partial charge on any atom is -0.460 e. The van der Waals surface area contributed by atoms with Crippen LogP contribution in [0.2, 0.25) is 0 Å². The summed E-state index contributed by atoms with van der Waals surface area (Å²) in [7, 11) is 0. The number of amides is 2. The average Bonchev–Trinajstić information content (AvgIpc) is 2.93. The third kappa shape index (κ3) is 2.86. The smallest absolute Gasteiger partial charge is 0.247 e. The number of nitrogens with one attached hydrogen (secondary N) is 1. The number of rotatable bonds is 3. The molecule has 1 aliphatic rings. The highest BCUT2D eigenvalue weighted by molar-refractivity contribution is 5.98. The van der Waals surface area contributed by atoms with Crippen molar-refractivity contribution in [1.82, 2.24) is 10.2 Å². The molecule has 3 rings (SSSR count). The molecule has 0 aliphatic carbocycles. The minimum atomic E-state index is -0.437. The molecule has 0 bridgehead atoms. The van der Waals surface area contributed by atoms with Gasteiger partial charge in [-0.05, 0) is 19.1 Å². The van der Waals surface area contributed by atoms with Crippen molar-refractivity contribution in [2.24, 2.45) is 0 Å². The zero-order valence-electron chi connectivity index (χ0n) is 13.3. The summed E-state index contributed by atoms with van der Waals surface area (Å²) in [5, 5.41) is 3.75. The summed E-state index contributed by atoms with van der Waals surface area (Å²) < 4.78 is 5.82. The molecule has 1 saturated heterocycles. The van der Waals surface area contributed by atoms with E-state index < -0.39 is 6.04 Å². The van der Waals surface area contributed by atoms with Crippen molar-refractivity contribution in [3.8, 4) is 0 Å². The van der Waals surface area contributed by atoms with Crippen LogP contribution in [-0.4, -0.2) is 35.8 Å². The molecule has 5 heteroatoms. The van der Waals surface area contributed by atoms with E-state index in [-0.39, 0.29) is 11.8 Å².